The molecule has 1 heterocycles. The largest absolute Gasteiger partial charge is 0.422 e. The van der Waals surface area contributed by atoms with Crippen molar-refractivity contribution in [2.45, 2.75) is 63.9 Å². The zero-order chi connectivity index (χ0) is 9.97. The molecule has 1 aliphatic carbocycles. The molecule has 3 unspecified atom stereocenters. The van der Waals surface area contributed by atoms with E-state index in [0.717, 1.165) is 5.92 Å². The molecular weight excluding hydrogens is 192 g/mol. The van der Waals surface area contributed by atoms with Crippen LogP contribution in [0.15, 0.2) is 0 Å². The van der Waals surface area contributed by atoms with Crippen molar-refractivity contribution in [1.82, 2.24) is 0 Å². The third-order valence-corrected chi connectivity index (χ3v) is 4.92. The molecule has 0 aromatic rings. The van der Waals surface area contributed by atoms with Gasteiger partial charge in [0.2, 0.25) is 0 Å². The minimum absolute atomic E-state index is 0.225. The molecule has 0 spiro atoms. The van der Waals surface area contributed by atoms with E-state index in [4.69, 9.17) is 9.16 Å². The summed E-state index contributed by atoms with van der Waals surface area (Å²) >= 11 is 0. The monoisotopic (exact) mass is 214 g/mol. The van der Waals surface area contributed by atoms with Gasteiger partial charge in [-0.15, -0.1) is 0 Å². The predicted octanol–water partition coefficient (Wildman–Crippen LogP) is 1.87. The minimum atomic E-state index is -0.225. The summed E-state index contributed by atoms with van der Waals surface area (Å²) in [6.45, 7) is 4.27. The fourth-order valence-corrected chi connectivity index (χ4v) is 3.82. The van der Waals surface area contributed by atoms with Crippen molar-refractivity contribution < 1.29 is 9.16 Å². The molecule has 0 bridgehead atoms. The Morgan fingerprint density at radius 1 is 1.36 bits per heavy atom. The second-order valence-corrected chi connectivity index (χ2v) is 6.40. The van der Waals surface area contributed by atoms with Gasteiger partial charge >= 0.3 is 0 Å². The van der Waals surface area contributed by atoms with Crippen LogP contribution in [0.5, 0.6) is 0 Å². The maximum Gasteiger partial charge on any atom is 0.161 e. The molecule has 0 amide bonds. The smallest absolute Gasteiger partial charge is 0.161 e. The number of ether oxygens (including phenoxy) is 1. The number of hydrogen-bond donors (Lipinski definition) is 0. The number of epoxide rings is 1. The summed E-state index contributed by atoms with van der Waals surface area (Å²) in [6.07, 6.45) is 7.21. The van der Waals surface area contributed by atoms with E-state index in [1.165, 1.54) is 31.7 Å². The molecule has 3 atom stereocenters. The van der Waals surface area contributed by atoms with Gasteiger partial charge in [0.15, 0.2) is 9.76 Å². The van der Waals surface area contributed by atoms with Gasteiger partial charge in [-0.25, -0.2) is 0 Å². The Bertz CT molecular complexity index is 184. The quantitative estimate of drug-likeness (QED) is 0.396. The molecule has 3 heteroatoms. The lowest BCUT2D eigenvalue weighted by Gasteiger charge is -2.18. The molecule has 0 radical (unpaired) electrons. The highest BCUT2D eigenvalue weighted by molar-refractivity contribution is 6.27. The molecule has 2 fully saturated rings. The molecule has 14 heavy (non-hydrogen) atoms. The van der Waals surface area contributed by atoms with Gasteiger partial charge in [0.05, 0.1) is 12.2 Å². The van der Waals surface area contributed by atoms with E-state index in [9.17, 15) is 0 Å². The summed E-state index contributed by atoms with van der Waals surface area (Å²) in [4.78, 5) is 0. The van der Waals surface area contributed by atoms with Gasteiger partial charge in [0.25, 0.3) is 0 Å². The van der Waals surface area contributed by atoms with Crippen molar-refractivity contribution in [2.24, 2.45) is 5.92 Å². The first-order valence-electron chi connectivity index (χ1n) is 6.03. The van der Waals surface area contributed by atoms with Gasteiger partial charge in [0.1, 0.15) is 0 Å². The molecule has 2 nitrogen and oxygen atoms in total. The van der Waals surface area contributed by atoms with Crippen LogP contribution < -0.4 is 0 Å². The van der Waals surface area contributed by atoms with Gasteiger partial charge < -0.3 is 9.16 Å². The van der Waals surface area contributed by atoms with Gasteiger partial charge in [0, 0.05) is 6.10 Å². The van der Waals surface area contributed by atoms with Crippen LogP contribution in [0.1, 0.15) is 39.5 Å². The fourth-order valence-electron chi connectivity index (χ4n) is 2.44. The lowest BCUT2D eigenvalue weighted by atomic mass is 9.88. The molecule has 1 aliphatic heterocycles. The van der Waals surface area contributed by atoms with Crippen LogP contribution in [0.3, 0.4) is 0 Å². The first-order valence-corrected chi connectivity index (χ1v) is 7.60. The fraction of sp³-hybridized carbons (Fsp3) is 1.00. The molecule has 2 aliphatic rings. The molecule has 82 valence electrons. The molecule has 0 aromatic heterocycles. The van der Waals surface area contributed by atoms with Crippen molar-refractivity contribution in [2.75, 3.05) is 0 Å². The van der Waals surface area contributed by atoms with Gasteiger partial charge in [-0.3, -0.25) is 0 Å². The summed E-state index contributed by atoms with van der Waals surface area (Å²) in [6, 6.07) is 1.36. The van der Waals surface area contributed by atoms with Gasteiger partial charge in [-0.1, -0.05) is 6.42 Å². The van der Waals surface area contributed by atoms with E-state index in [2.05, 4.69) is 13.8 Å². The Morgan fingerprint density at radius 2 is 2.21 bits per heavy atom. The van der Waals surface area contributed by atoms with Crippen LogP contribution in [0, 0.1) is 5.92 Å². The Morgan fingerprint density at radius 3 is 2.93 bits per heavy atom. The predicted molar refractivity (Wildman–Crippen MR) is 60.2 cm³/mol. The van der Waals surface area contributed by atoms with Crippen molar-refractivity contribution in [3.8, 4) is 0 Å². The molecule has 0 N–H and O–H groups in total. The Balaban J connectivity index is 1.52. The average molecular weight is 214 g/mol. The lowest BCUT2D eigenvalue weighted by Crippen LogP contribution is -2.15. The second-order valence-electron chi connectivity index (χ2n) is 4.95. The summed E-state index contributed by atoms with van der Waals surface area (Å²) < 4.78 is 11.2. The first kappa shape index (κ1) is 10.6. The average Bonchev–Trinajstić information content (AvgIpc) is 2.90. The van der Waals surface area contributed by atoms with E-state index in [-0.39, 0.29) is 9.76 Å². The highest BCUT2D eigenvalue weighted by Crippen LogP contribution is 2.40. The minimum Gasteiger partial charge on any atom is -0.422 e. The highest BCUT2D eigenvalue weighted by atomic mass is 28.2. The van der Waals surface area contributed by atoms with Crippen LogP contribution in [-0.4, -0.2) is 28.1 Å². The highest BCUT2D eigenvalue weighted by Gasteiger charge is 2.43. The van der Waals surface area contributed by atoms with Crippen molar-refractivity contribution in [1.29, 1.82) is 0 Å². The van der Waals surface area contributed by atoms with Crippen LogP contribution in [0.25, 0.3) is 0 Å². The van der Waals surface area contributed by atoms with E-state index in [1.807, 2.05) is 0 Å². The summed E-state index contributed by atoms with van der Waals surface area (Å²) in [7, 11) is -0.225. The molecular formula is C11H22O2Si. The van der Waals surface area contributed by atoms with Crippen LogP contribution in [0.2, 0.25) is 6.04 Å². The van der Waals surface area contributed by atoms with E-state index in [0.29, 0.717) is 18.3 Å². The Kier molecular flexibility index (Phi) is 3.63. The zero-order valence-corrected chi connectivity index (χ0v) is 10.8. The second kappa shape index (κ2) is 4.77. The maximum absolute atomic E-state index is 5.68. The van der Waals surface area contributed by atoms with Crippen molar-refractivity contribution in [3.63, 3.8) is 0 Å². The van der Waals surface area contributed by atoms with E-state index >= 15 is 0 Å². The maximum atomic E-state index is 5.68. The third-order valence-electron chi connectivity index (χ3n) is 3.32. The number of hydrogen-bond acceptors (Lipinski definition) is 2. The number of fused-ring (bicyclic) bond motifs is 1. The van der Waals surface area contributed by atoms with Crippen LogP contribution in [0.4, 0.5) is 0 Å². The van der Waals surface area contributed by atoms with E-state index in [1.54, 1.807) is 0 Å². The van der Waals surface area contributed by atoms with Crippen molar-refractivity contribution in [3.05, 3.63) is 0 Å². The lowest BCUT2D eigenvalue weighted by molar-refractivity contribution is 0.252. The molecule has 2 rings (SSSR count). The molecule has 0 aromatic carbocycles. The summed E-state index contributed by atoms with van der Waals surface area (Å²) in [5.41, 5.74) is 0. The van der Waals surface area contributed by atoms with Gasteiger partial charge in [-0.2, -0.15) is 0 Å². The first-order chi connectivity index (χ1) is 6.75. The zero-order valence-electron chi connectivity index (χ0n) is 9.37. The van der Waals surface area contributed by atoms with Crippen LogP contribution in [-0.2, 0) is 9.16 Å². The van der Waals surface area contributed by atoms with Crippen molar-refractivity contribution >= 4 is 9.76 Å². The topological polar surface area (TPSA) is 21.8 Å². The molecule has 1 saturated carbocycles. The Labute approximate surface area is 89.3 Å². The molecule has 1 saturated heterocycles. The van der Waals surface area contributed by atoms with E-state index < -0.39 is 0 Å². The van der Waals surface area contributed by atoms with Gasteiger partial charge in [-0.05, 0) is 45.1 Å². The number of rotatable bonds is 5. The summed E-state index contributed by atoms with van der Waals surface area (Å²) in [5.74, 6) is 0.946. The Hall–Kier alpha value is 0.137. The van der Waals surface area contributed by atoms with Crippen LogP contribution >= 0.6 is 0 Å². The SMILES string of the molecule is CC(C)O[SiH2]CCC1CCC2OC2C1. The summed E-state index contributed by atoms with van der Waals surface area (Å²) in [5, 5.41) is 0. The standard InChI is InChI=1S/C11H22O2Si/c1-8(2)13-14-6-5-9-3-4-10-11(7-9)12-10/h8-11H,3-7,14H2,1-2H3. The third kappa shape index (κ3) is 3.07. The normalized spacial score (nSPS) is 36.6.